The van der Waals surface area contributed by atoms with Crippen molar-refractivity contribution in [1.82, 2.24) is 9.21 Å². The summed E-state index contributed by atoms with van der Waals surface area (Å²) in [6, 6.07) is 6.21. The molecule has 2 rings (SSSR count). The Balaban J connectivity index is 1.98. The zero-order valence-electron chi connectivity index (χ0n) is 14.9. The minimum absolute atomic E-state index is 0.0755. The summed E-state index contributed by atoms with van der Waals surface area (Å²) in [7, 11) is -3.52. The summed E-state index contributed by atoms with van der Waals surface area (Å²) in [6.45, 7) is 6.36. The van der Waals surface area contributed by atoms with Gasteiger partial charge in [-0.3, -0.25) is 4.79 Å². The molecular formula is C18H27ClN2O3S. The molecule has 1 fully saturated rings. The molecule has 5 nitrogen and oxygen atoms in total. The first-order valence-electron chi connectivity index (χ1n) is 8.94. The highest BCUT2D eigenvalue weighted by atomic mass is 35.5. The number of carbonyl (C=O) groups is 1. The zero-order chi connectivity index (χ0) is 18.4. The first kappa shape index (κ1) is 20.2. The van der Waals surface area contributed by atoms with E-state index in [2.05, 4.69) is 6.92 Å². The number of sulfonamides is 1. The molecule has 1 aliphatic rings. The minimum atomic E-state index is -3.52. The Morgan fingerprint density at radius 2 is 1.80 bits per heavy atom. The van der Waals surface area contributed by atoms with Crippen LogP contribution in [0.1, 0.15) is 39.5 Å². The Kier molecular flexibility index (Phi) is 7.28. The van der Waals surface area contributed by atoms with Crippen molar-refractivity contribution in [2.45, 2.75) is 44.4 Å². The zero-order valence-corrected chi connectivity index (χ0v) is 16.5. The third-order valence-corrected chi connectivity index (χ3v) is 6.89. The molecular weight excluding hydrogens is 360 g/mol. The van der Waals surface area contributed by atoms with Crippen LogP contribution in [-0.4, -0.2) is 49.7 Å². The van der Waals surface area contributed by atoms with E-state index >= 15 is 0 Å². The SMILES string of the molecule is CCCCN(CC)C(=O)C1CCN(S(=O)(=O)c2ccc(Cl)cc2)CC1. The molecule has 1 heterocycles. The van der Waals surface area contributed by atoms with E-state index in [1.807, 2.05) is 11.8 Å². The molecule has 0 bridgehead atoms. The monoisotopic (exact) mass is 386 g/mol. The maximum atomic E-state index is 12.7. The quantitative estimate of drug-likeness (QED) is 0.721. The maximum Gasteiger partial charge on any atom is 0.243 e. The van der Waals surface area contributed by atoms with Crippen molar-refractivity contribution in [2.24, 2.45) is 5.92 Å². The van der Waals surface area contributed by atoms with Crippen LogP contribution in [-0.2, 0) is 14.8 Å². The number of rotatable bonds is 7. The molecule has 0 spiro atoms. The standard InChI is InChI=1S/C18H27ClN2O3S/c1-3-5-12-20(4-2)18(22)15-10-13-21(14-11-15)25(23,24)17-8-6-16(19)7-9-17/h6-9,15H,3-5,10-14H2,1-2H3. The lowest BCUT2D eigenvalue weighted by atomic mass is 9.96. The Labute approximate surface area is 156 Å². The Morgan fingerprint density at radius 1 is 1.20 bits per heavy atom. The van der Waals surface area contributed by atoms with Crippen molar-refractivity contribution in [3.05, 3.63) is 29.3 Å². The van der Waals surface area contributed by atoms with Crippen LogP contribution in [0.4, 0.5) is 0 Å². The van der Waals surface area contributed by atoms with E-state index in [0.717, 1.165) is 19.4 Å². The summed E-state index contributed by atoms with van der Waals surface area (Å²) in [5, 5.41) is 0.509. The van der Waals surface area contributed by atoms with Crippen LogP contribution in [0.25, 0.3) is 0 Å². The molecule has 0 atom stereocenters. The molecule has 7 heteroatoms. The van der Waals surface area contributed by atoms with Gasteiger partial charge in [-0.15, -0.1) is 0 Å². The third kappa shape index (κ3) is 4.96. The van der Waals surface area contributed by atoms with Gasteiger partial charge in [-0.2, -0.15) is 4.31 Å². The van der Waals surface area contributed by atoms with Gasteiger partial charge in [0, 0.05) is 37.1 Å². The van der Waals surface area contributed by atoms with Crippen LogP contribution in [0.2, 0.25) is 5.02 Å². The van der Waals surface area contributed by atoms with Crippen molar-refractivity contribution in [1.29, 1.82) is 0 Å². The van der Waals surface area contributed by atoms with Crippen LogP contribution in [0, 0.1) is 5.92 Å². The number of piperidine rings is 1. The molecule has 0 N–H and O–H groups in total. The Hall–Kier alpha value is -1.11. The van der Waals surface area contributed by atoms with E-state index in [0.29, 0.717) is 37.5 Å². The second kappa shape index (κ2) is 9.01. The summed E-state index contributed by atoms with van der Waals surface area (Å²) in [5.74, 6) is 0.0907. The molecule has 1 aliphatic heterocycles. The van der Waals surface area contributed by atoms with Gasteiger partial charge < -0.3 is 4.90 Å². The Bertz CT molecular complexity index is 668. The highest BCUT2D eigenvalue weighted by Gasteiger charge is 2.33. The second-order valence-corrected chi connectivity index (χ2v) is 8.78. The predicted octanol–water partition coefficient (Wildman–Crippen LogP) is 3.39. The Morgan fingerprint density at radius 3 is 2.32 bits per heavy atom. The van der Waals surface area contributed by atoms with Crippen molar-refractivity contribution in [3.63, 3.8) is 0 Å². The normalized spacial score (nSPS) is 16.8. The van der Waals surface area contributed by atoms with Crippen LogP contribution in [0.5, 0.6) is 0 Å². The minimum Gasteiger partial charge on any atom is -0.343 e. The molecule has 1 amide bonds. The summed E-state index contributed by atoms with van der Waals surface area (Å²) >= 11 is 5.83. The molecule has 140 valence electrons. The van der Waals surface area contributed by atoms with E-state index in [4.69, 9.17) is 11.6 Å². The van der Waals surface area contributed by atoms with Crippen LogP contribution >= 0.6 is 11.6 Å². The van der Waals surface area contributed by atoms with Gasteiger partial charge >= 0.3 is 0 Å². The molecule has 1 aromatic rings. The van der Waals surface area contributed by atoms with Gasteiger partial charge in [0.05, 0.1) is 4.90 Å². The number of amides is 1. The average molecular weight is 387 g/mol. The number of benzene rings is 1. The lowest BCUT2D eigenvalue weighted by Crippen LogP contribution is -2.44. The lowest BCUT2D eigenvalue weighted by molar-refractivity contribution is -0.136. The molecule has 0 aliphatic carbocycles. The number of unbranched alkanes of at least 4 members (excludes halogenated alkanes) is 1. The van der Waals surface area contributed by atoms with E-state index < -0.39 is 10.0 Å². The lowest BCUT2D eigenvalue weighted by Gasteiger charge is -2.33. The van der Waals surface area contributed by atoms with Gasteiger partial charge in [0.25, 0.3) is 0 Å². The van der Waals surface area contributed by atoms with Crippen LogP contribution in [0.15, 0.2) is 29.2 Å². The van der Waals surface area contributed by atoms with Crippen LogP contribution < -0.4 is 0 Å². The molecule has 0 radical (unpaired) electrons. The fourth-order valence-corrected chi connectivity index (χ4v) is 4.73. The van der Waals surface area contributed by atoms with Crippen molar-refractivity contribution in [2.75, 3.05) is 26.2 Å². The molecule has 0 saturated carbocycles. The fourth-order valence-electron chi connectivity index (χ4n) is 3.13. The molecule has 0 aromatic heterocycles. The largest absolute Gasteiger partial charge is 0.343 e. The van der Waals surface area contributed by atoms with Gasteiger partial charge in [0.1, 0.15) is 0 Å². The first-order valence-corrected chi connectivity index (χ1v) is 10.8. The van der Waals surface area contributed by atoms with Crippen LogP contribution in [0.3, 0.4) is 0 Å². The maximum absolute atomic E-state index is 12.7. The molecule has 1 aromatic carbocycles. The topological polar surface area (TPSA) is 57.7 Å². The van der Waals surface area contributed by atoms with Gasteiger partial charge in [-0.05, 0) is 50.5 Å². The smallest absolute Gasteiger partial charge is 0.243 e. The molecule has 25 heavy (non-hydrogen) atoms. The van der Waals surface area contributed by atoms with Gasteiger partial charge in [0.15, 0.2) is 0 Å². The summed E-state index contributed by atoms with van der Waals surface area (Å²) in [6.07, 6.45) is 3.22. The number of nitrogens with zero attached hydrogens (tertiary/aromatic N) is 2. The van der Waals surface area contributed by atoms with E-state index in [1.54, 1.807) is 12.1 Å². The molecule has 1 saturated heterocycles. The summed E-state index contributed by atoms with van der Waals surface area (Å²) < 4.78 is 26.9. The van der Waals surface area contributed by atoms with E-state index in [-0.39, 0.29) is 16.7 Å². The number of hydrogen-bond donors (Lipinski definition) is 0. The summed E-state index contributed by atoms with van der Waals surface area (Å²) in [5.41, 5.74) is 0. The highest BCUT2D eigenvalue weighted by molar-refractivity contribution is 7.89. The number of carbonyl (C=O) groups excluding carboxylic acids is 1. The second-order valence-electron chi connectivity index (χ2n) is 6.40. The predicted molar refractivity (Wildman–Crippen MR) is 100 cm³/mol. The number of hydrogen-bond acceptors (Lipinski definition) is 3. The van der Waals surface area contributed by atoms with Crippen molar-refractivity contribution < 1.29 is 13.2 Å². The van der Waals surface area contributed by atoms with E-state index in [9.17, 15) is 13.2 Å². The number of halogens is 1. The van der Waals surface area contributed by atoms with Crippen molar-refractivity contribution in [3.8, 4) is 0 Å². The van der Waals surface area contributed by atoms with Gasteiger partial charge in [-0.1, -0.05) is 24.9 Å². The van der Waals surface area contributed by atoms with Gasteiger partial charge in [0.2, 0.25) is 15.9 Å². The highest BCUT2D eigenvalue weighted by Crippen LogP contribution is 2.26. The molecule has 0 unspecified atom stereocenters. The first-order chi connectivity index (χ1) is 11.9. The summed E-state index contributed by atoms with van der Waals surface area (Å²) in [4.78, 5) is 14.8. The van der Waals surface area contributed by atoms with Gasteiger partial charge in [-0.25, -0.2) is 8.42 Å². The van der Waals surface area contributed by atoms with E-state index in [1.165, 1.54) is 16.4 Å². The third-order valence-electron chi connectivity index (χ3n) is 4.73. The average Bonchev–Trinajstić information content (AvgIpc) is 2.62. The fraction of sp³-hybridized carbons (Fsp3) is 0.611. The van der Waals surface area contributed by atoms with Crippen molar-refractivity contribution >= 4 is 27.5 Å².